The Kier molecular flexibility index (Phi) is 6.84. The van der Waals surface area contributed by atoms with Gasteiger partial charge in [0.25, 0.3) is 0 Å². The highest BCUT2D eigenvalue weighted by molar-refractivity contribution is 5.73. The van der Waals surface area contributed by atoms with Gasteiger partial charge in [-0.05, 0) is 12.3 Å². The van der Waals surface area contributed by atoms with Gasteiger partial charge in [-0.3, -0.25) is 4.79 Å². The molecule has 20 heavy (non-hydrogen) atoms. The minimum atomic E-state index is -1.28. The maximum atomic E-state index is 11.2. The number of carbonyl (C=O) groups excluding carboxylic acids is 1. The number of aliphatic hydroxyl groups is 3. The summed E-state index contributed by atoms with van der Waals surface area (Å²) in [6.07, 6.45) is -3.56. The lowest BCUT2D eigenvalue weighted by atomic mass is 9.97. The van der Waals surface area contributed by atoms with Gasteiger partial charge in [0.05, 0.1) is 13.2 Å². The van der Waals surface area contributed by atoms with Crippen LogP contribution in [0, 0.1) is 5.92 Å². The van der Waals surface area contributed by atoms with Crippen LogP contribution in [0.2, 0.25) is 0 Å². The predicted octanol–water partition coefficient (Wildman–Crippen LogP) is -1.01. The van der Waals surface area contributed by atoms with Crippen molar-refractivity contribution in [3.63, 3.8) is 0 Å². The first-order valence-electron chi connectivity index (χ1n) is 6.88. The Morgan fingerprint density at radius 2 is 2.00 bits per heavy atom. The summed E-state index contributed by atoms with van der Waals surface area (Å²) in [5, 5.41) is 31.5. The van der Waals surface area contributed by atoms with E-state index in [0.717, 1.165) is 6.42 Å². The van der Waals surface area contributed by atoms with Crippen molar-refractivity contribution in [2.45, 2.75) is 57.8 Å². The van der Waals surface area contributed by atoms with Gasteiger partial charge in [-0.1, -0.05) is 13.8 Å². The highest BCUT2D eigenvalue weighted by Gasteiger charge is 2.45. The van der Waals surface area contributed by atoms with E-state index in [1.807, 2.05) is 13.8 Å². The molecule has 4 N–H and O–H groups in total. The molecule has 5 unspecified atom stereocenters. The molecule has 118 valence electrons. The molecule has 7 heteroatoms. The molecule has 0 saturated carbocycles. The van der Waals surface area contributed by atoms with Gasteiger partial charge in [-0.15, -0.1) is 0 Å². The van der Waals surface area contributed by atoms with Crippen molar-refractivity contribution in [1.82, 2.24) is 5.32 Å². The summed E-state index contributed by atoms with van der Waals surface area (Å²) in [6.45, 7) is 5.37. The van der Waals surface area contributed by atoms with Crippen LogP contribution in [0.5, 0.6) is 0 Å². The summed E-state index contributed by atoms with van der Waals surface area (Å²) >= 11 is 0. The first-order valence-corrected chi connectivity index (χ1v) is 6.88. The van der Waals surface area contributed by atoms with Crippen LogP contribution in [0.25, 0.3) is 0 Å². The third kappa shape index (κ3) is 4.68. The van der Waals surface area contributed by atoms with E-state index < -0.39 is 37.3 Å². The summed E-state index contributed by atoms with van der Waals surface area (Å²) in [4.78, 5) is 11.2. The second-order valence-corrected chi connectivity index (χ2v) is 5.49. The number of hydrogen-bond acceptors (Lipinski definition) is 6. The molecule has 1 aliphatic heterocycles. The zero-order valence-corrected chi connectivity index (χ0v) is 12.2. The topological polar surface area (TPSA) is 108 Å². The molecular formula is C13H25NO6. The maximum Gasteiger partial charge on any atom is 0.217 e. The van der Waals surface area contributed by atoms with Gasteiger partial charge in [0, 0.05) is 6.92 Å². The molecule has 0 aromatic rings. The molecule has 1 heterocycles. The SMILES string of the molecule is CC(=O)NC1C(OCCC(C)C)OC(CO)C(O)C1O. The van der Waals surface area contributed by atoms with Crippen LogP contribution < -0.4 is 5.32 Å². The van der Waals surface area contributed by atoms with Crippen LogP contribution in [0.4, 0.5) is 0 Å². The van der Waals surface area contributed by atoms with E-state index in [9.17, 15) is 15.0 Å². The molecule has 5 atom stereocenters. The van der Waals surface area contributed by atoms with Gasteiger partial charge >= 0.3 is 0 Å². The van der Waals surface area contributed by atoms with Crippen molar-refractivity contribution in [3.05, 3.63) is 0 Å². The van der Waals surface area contributed by atoms with E-state index >= 15 is 0 Å². The standard InChI is InChI=1S/C13H25NO6/c1-7(2)4-5-19-13-10(14-8(3)16)12(18)11(17)9(6-15)20-13/h7,9-13,15,17-18H,4-6H2,1-3H3,(H,14,16). The van der Waals surface area contributed by atoms with Gasteiger partial charge < -0.3 is 30.1 Å². The van der Waals surface area contributed by atoms with E-state index in [4.69, 9.17) is 14.6 Å². The molecule has 0 bridgehead atoms. The fraction of sp³-hybridized carbons (Fsp3) is 0.923. The zero-order valence-electron chi connectivity index (χ0n) is 12.2. The second-order valence-electron chi connectivity index (χ2n) is 5.49. The summed E-state index contributed by atoms with van der Waals surface area (Å²) in [7, 11) is 0. The quantitative estimate of drug-likeness (QED) is 0.499. The Morgan fingerprint density at radius 3 is 2.50 bits per heavy atom. The van der Waals surface area contributed by atoms with Gasteiger partial charge in [0.1, 0.15) is 24.4 Å². The van der Waals surface area contributed by atoms with Crippen molar-refractivity contribution in [2.75, 3.05) is 13.2 Å². The normalized spacial score (nSPS) is 34.2. The summed E-state index contributed by atoms with van der Waals surface area (Å²) < 4.78 is 11.0. The number of ether oxygens (including phenoxy) is 2. The maximum absolute atomic E-state index is 11.2. The molecular weight excluding hydrogens is 266 g/mol. The second kappa shape index (κ2) is 7.90. The first kappa shape index (κ1) is 17.3. The lowest BCUT2D eigenvalue weighted by molar-refractivity contribution is -0.270. The molecule has 1 saturated heterocycles. The Bertz CT molecular complexity index is 311. The number of amides is 1. The smallest absolute Gasteiger partial charge is 0.217 e. The number of nitrogens with one attached hydrogen (secondary N) is 1. The van der Waals surface area contributed by atoms with Crippen LogP contribution in [0.3, 0.4) is 0 Å². The first-order chi connectivity index (χ1) is 9.36. The summed E-state index contributed by atoms with van der Waals surface area (Å²) in [5.41, 5.74) is 0. The fourth-order valence-corrected chi connectivity index (χ4v) is 2.03. The van der Waals surface area contributed by atoms with E-state index in [1.54, 1.807) is 0 Å². The predicted molar refractivity (Wildman–Crippen MR) is 70.8 cm³/mol. The Hall–Kier alpha value is -0.730. The largest absolute Gasteiger partial charge is 0.394 e. The van der Waals surface area contributed by atoms with E-state index in [1.165, 1.54) is 6.92 Å². The monoisotopic (exact) mass is 291 g/mol. The van der Waals surface area contributed by atoms with Crippen molar-refractivity contribution in [2.24, 2.45) is 5.92 Å². The van der Waals surface area contributed by atoms with Crippen molar-refractivity contribution in [1.29, 1.82) is 0 Å². The van der Waals surface area contributed by atoms with Gasteiger partial charge in [0.2, 0.25) is 5.91 Å². The fourth-order valence-electron chi connectivity index (χ4n) is 2.03. The average molecular weight is 291 g/mol. The third-order valence-electron chi connectivity index (χ3n) is 3.23. The Labute approximate surface area is 118 Å². The van der Waals surface area contributed by atoms with Crippen LogP contribution in [0.1, 0.15) is 27.2 Å². The van der Waals surface area contributed by atoms with Crippen molar-refractivity contribution in [3.8, 4) is 0 Å². The highest BCUT2D eigenvalue weighted by atomic mass is 16.7. The zero-order chi connectivity index (χ0) is 15.3. The van der Waals surface area contributed by atoms with Crippen LogP contribution >= 0.6 is 0 Å². The molecule has 7 nitrogen and oxygen atoms in total. The van der Waals surface area contributed by atoms with Crippen LogP contribution in [-0.4, -0.2) is 65.1 Å². The van der Waals surface area contributed by atoms with Gasteiger partial charge in [-0.2, -0.15) is 0 Å². The number of carbonyl (C=O) groups is 1. The Morgan fingerprint density at radius 1 is 1.35 bits per heavy atom. The van der Waals surface area contributed by atoms with Crippen LogP contribution in [0.15, 0.2) is 0 Å². The van der Waals surface area contributed by atoms with Crippen LogP contribution in [-0.2, 0) is 14.3 Å². The Balaban J connectivity index is 2.70. The molecule has 0 aliphatic carbocycles. The van der Waals surface area contributed by atoms with Gasteiger partial charge in [-0.25, -0.2) is 0 Å². The average Bonchev–Trinajstić information content (AvgIpc) is 2.36. The molecule has 1 amide bonds. The minimum absolute atomic E-state index is 0.357. The summed E-state index contributed by atoms with van der Waals surface area (Å²) in [5.74, 6) is 0.0896. The third-order valence-corrected chi connectivity index (χ3v) is 3.23. The highest BCUT2D eigenvalue weighted by Crippen LogP contribution is 2.22. The van der Waals surface area contributed by atoms with E-state index in [0.29, 0.717) is 12.5 Å². The molecule has 1 fully saturated rings. The molecule has 1 rings (SSSR count). The molecule has 0 spiro atoms. The lowest BCUT2D eigenvalue weighted by Crippen LogP contribution is -2.64. The minimum Gasteiger partial charge on any atom is -0.394 e. The number of hydrogen-bond donors (Lipinski definition) is 4. The molecule has 0 radical (unpaired) electrons. The molecule has 0 aromatic carbocycles. The van der Waals surface area contributed by atoms with Crippen molar-refractivity contribution >= 4 is 5.91 Å². The number of rotatable bonds is 6. The molecule has 1 aliphatic rings. The van der Waals surface area contributed by atoms with E-state index in [2.05, 4.69) is 5.32 Å². The number of aliphatic hydroxyl groups excluding tert-OH is 3. The summed E-state index contributed by atoms with van der Waals surface area (Å²) in [6, 6.07) is -0.863. The van der Waals surface area contributed by atoms with Gasteiger partial charge in [0.15, 0.2) is 6.29 Å². The molecule has 0 aromatic heterocycles. The van der Waals surface area contributed by atoms with E-state index in [-0.39, 0.29) is 5.91 Å². The lowest BCUT2D eigenvalue weighted by Gasteiger charge is -2.42. The van der Waals surface area contributed by atoms with Crippen molar-refractivity contribution < 1.29 is 29.6 Å².